The monoisotopic (exact) mass is 297 g/mol. The van der Waals surface area contributed by atoms with Gasteiger partial charge in [0.2, 0.25) is 0 Å². The lowest BCUT2D eigenvalue weighted by molar-refractivity contribution is 0.0781. The van der Waals surface area contributed by atoms with Gasteiger partial charge < -0.3 is 19.3 Å². The summed E-state index contributed by atoms with van der Waals surface area (Å²) in [4.78, 5) is 2.15. The zero-order valence-electron chi connectivity index (χ0n) is 13.5. The van der Waals surface area contributed by atoms with E-state index in [1.54, 1.807) is 14.2 Å². The minimum Gasteiger partial charge on any atom is -0.497 e. The number of aliphatic hydroxyl groups excluding tert-OH is 1. The molecule has 0 aliphatic carbocycles. The fraction of sp³-hybridized carbons (Fsp3) is 0.625. The first kappa shape index (κ1) is 17.8. The molecule has 0 fully saturated rings. The van der Waals surface area contributed by atoms with E-state index in [0.717, 1.165) is 18.7 Å². The molecule has 1 unspecified atom stereocenters. The molecule has 0 aliphatic rings. The standard InChI is InChI=1S/C16H27NO4/c1-5-17(9-10-21-6-2)12-15(18)14-11-13(19-3)7-8-16(14)20-4/h7-8,11,15,18H,5-6,9-10,12H2,1-4H3. The van der Waals surface area contributed by atoms with E-state index in [2.05, 4.69) is 11.8 Å². The smallest absolute Gasteiger partial charge is 0.124 e. The molecule has 1 atom stereocenters. The fourth-order valence-corrected chi connectivity index (χ4v) is 2.16. The zero-order valence-corrected chi connectivity index (χ0v) is 13.5. The van der Waals surface area contributed by atoms with Gasteiger partial charge in [0.15, 0.2) is 0 Å². The van der Waals surface area contributed by atoms with Crippen molar-refractivity contribution in [3.8, 4) is 11.5 Å². The Kier molecular flexibility index (Phi) is 8.12. The molecule has 0 aromatic heterocycles. The molecule has 5 nitrogen and oxygen atoms in total. The highest BCUT2D eigenvalue weighted by molar-refractivity contribution is 5.41. The maximum atomic E-state index is 10.5. The summed E-state index contributed by atoms with van der Waals surface area (Å²) >= 11 is 0. The molecular formula is C16H27NO4. The van der Waals surface area contributed by atoms with Crippen molar-refractivity contribution >= 4 is 0 Å². The predicted molar refractivity (Wildman–Crippen MR) is 83.1 cm³/mol. The Morgan fingerprint density at radius 3 is 2.52 bits per heavy atom. The van der Waals surface area contributed by atoms with E-state index >= 15 is 0 Å². The van der Waals surface area contributed by atoms with Crippen molar-refractivity contribution in [1.29, 1.82) is 0 Å². The van der Waals surface area contributed by atoms with E-state index in [-0.39, 0.29) is 0 Å². The summed E-state index contributed by atoms with van der Waals surface area (Å²) in [6, 6.07) is 5.45. The highest BCUT2D eigenvalue weighted by atomic mass is 16.5. The average Bonchev–Trinajstić information content (AvgIpc) is 2.53. The van der Waals surface area contributed by atoms with Gasteiger partial charge in [0.05, 0.1) is 26.9 Å². The lowest BCUT2D eigenvalue weighted by atomic mass is 10.1. The van der Waals surface area contributed by atoms with Crippen LogP contribution in [0.15, 0.2) is 18.2 Å². The maximum Gasteiger partial charge on any atom is 0.124 e. The van der Waals surface area contributed by atoms with Gasteiger partial charge in [-0.15, -0.1) is 0 Å². The molecule has 0 radical (unpaired) electrons. The van der Waals surface area contributed by atoms with Crippen molar-refractivity contribution < 1.29 is 19.3 Å². The number of benzene rings is 1. The molecule has 0 amide bonds. The van der Waals surface area contributed by atoms with Crippen LogP contribution in [0.2, 0.25) is 0 Å². The molecule has 0 saturated heterocycles. The first-order valence-electron chi connectivity index (χ1n) is 7.36. The van der Waals surface area contributed by atoms with Crippen molar-refractivity contribution in [1.82, 2.24) is 4.90 Å². The number of aliphatic hydroxyl groups is 1. The van der Waals surface area contributed by atoms with Crippen molar-refractivity contribution in [2.24, 2.45) is 0 Å². The normalized spacial score (nSPS) is 12.5. The highest BCUT2D eigenvalue weighted by Crippen LogP contribution is 2.29. The van der Waals surface area contributed by atoms with E-state index in [4.69, 9.17) is 14.2 Å². The number of ether oxygens (including phenoxy) is 3. The van der Waals surface area contributed by atoms with Crippen LogP contribution in [0.1, 0.15) is 25.5 Å². The van der Waals surface area contributed by atoms with Crippen molar-refractivity contribution in [3.63, 3.8) is 0 Å². The van der Waals surface area contributed by atoms with Gasteiger partial charge in [0.1, 0.15) is 11.5 Å². The van der Waals surface area contributed by atoms with Gasteiger partial charge in [-0.3, -0.25) is 4.90 Å². The summed E-state index contributed by atoms with van der Waals surface area (Å²) in [5, 5.41) is 10.5. The van der Waals surface area contributed by atoms with Crippen LogP contribution < -0.4 is 9.47 Å². The molecule has 1 aromatic carbocycles. The number of hydrogen-bond acceptors (Lipinski definition) is 5. The molecule has 21 heavy (non-hydrogen) atoms. The van der Waals surface area contributed by atoms with Crippen molar-refractivity contribution in [2.75, 3.05) is 47.1 Å². The summed E-state index contributed by atoms with van der Waals surface area (Å²) < 4.78 is 15.9. The third-order valence-corrected chi connectivity index (χ3v) is 3.43. The van der Waals surface area contributed by atoms with Gasteiger partial charge in [0.25, 0.3) is 0 Å². The zero-order chi connectivity index (χ0) is 15.7. The average molecular weight is 297 g/mol. The highest BCUT2D eigenvalue weighted by Gasteiger charge is 2.17. The first-order chi connectivity index (χ1) is 10.2. The molecule has 0 bridgehead atoms. The summed E-state index contributed by atoms with van der Waals surface area (Å²) in [7, 11) is 3.21. The molecule has 0 spiro atoms. The molecule has 120 valence electrons. The number of rotatable bonds is 10. The van der Waals surface area contributed by atoms with Crippen molar-refractivity contribution in [3.05, 3.63) is 23.8 Å². The Bertz CT molecular complexity index is 411. The van der Waals surface area contributed by atoms with Crippen molar-refractivity contribution in [2.45, 2.75) is 20.0 Å². The second-order valence-electron chi connectivity index (χ2n) is 4.71. The lowest BCUT2D eigenvalue weighted by Gasteiger charge is -2.24. The van der Waals surface area contributed by atoms with Crippen LogP contribution in [0.25, 0.3) is 0 Å². The third kappa shape index (κ3) is 5.53. The number of hydrogen-bond donors (Lipinski definition) is 1. The minimum absolute atomic E-state index is 0.535. The van der Waals surface area contributed by atoms with Gasteiger partial charge in [-0.25, -0.2) is 0 Å². The Labute approximate surface area is 127 Å². The predicted octanol–water partition coefficient (Wildman–Crippen LogP) is 2.10. The van der Waals surface area contributed by atoms with Crippen LogP contribution in [0.3, 0.4) is 0 Å². The van der Waals surface area contributed by atoms with Gasteiger partial charge in [-0.1, -0.05) is 6.92 Å². The quantitative estimate of drug-likeness (QED) is 0.670. The Morgan fingerprint density at radius 2 is 1.95 bits per heavy atom. The number of likely N-dealkylation sites (N-methyl/N-ethyl adjacent to an activating group) is 1. The molecule has 1 aromatic rings. The van der Waals surface area contributed by atoms with E-state index in [0.29, 0.717) is 31.3 Å². The summed E-state index contributed by atoms with van der Waals surface area (Å²) in [5.74, 6) is 1.38. The van der Waals surface area contributed by atoms with Gasteiger partial charge >= 0.3 is 0 Å². The summed E-state index contributed by atoms with van der Waals surface area (Å²) in [6.07, 6.45) is -0.628. The van der Waals surface area contributed by atoms with Crippen LogP contribution in [0.5, 0.6) is 11.5 Å². The summed E-state index contributed by atoms with van der Waals surface area (Å²) in [5.41, 5.74) is 0.742. The van der Waals surface area contributed by atoms with E-state index in [1.807, 2.05) is 25.1 Å². The Hall–Kier alpha value is -1.30. The van der Waals surface area contributed by atoms with Gasteiger partial charge in [-0.05, 0) is 31.7 Å². The SMILES string of the molecule is CCOCCN(CC)CC(O)c1cc(OC)ccc1OC. The second-order valence-corrected chi connectivity index (χ2v) is 4.71. The number of methoxy groups -OCH3 is 2. The van der Waals surface area contributed by atoms with Crippen LogP contribution in [0.4, 0.5) is 0 Å². The molecule has 5 heteroatoms. The molecule has 0 saturated carbocycles. The molecule has 1 rings (SSSR count). The molecule has 0 heterocycles. The van der Waals surface area contributed by atoms with Crippen LogP contribution in [0, 0.1) is 0 Å². The van der Waals surface area contributed by atoms with Gasteiger partial charge in [-0.2, -0.15) is 0 Å². The lowest BCUT2D eigenvalue weighted by Crippen LogP contribution is -2.31. The molecular weight excluding hydrogens is 270 g/mol. The largest absolute Gasteiger partial charge is 0.497 e. The van der Waals surface area contributed by atoms with Crippen LogP contribution >= 0.6 is 0 Å². The minimum atomic E-state index is -0.628. The number of nitrogens with zero attached hydrogens (tertiary/aromatic N) is 1. The topological polar surface area (TPSA) is 51.2 Å². The van der Waals surface area contributed by atoms with Gasteiger partial charge in [0, 0.05) is 25.3 Å². The summed E-state index contributed by atoms with van der Waals surface area (Å²) in [6.45, 7) is 7.63. The third-order valence-electron chi connectivity index (χ3n) is 3.43. The first-order valence-corrected chi connectivity index (χ1v) is 7.36. The maximum absolute atomic E-state index is 10.5. The van der Waals surface area contributed by atoms with Crippen LogP contribution in [-0.4, -0.2) is 57.1 Å². The van der Waals surface area contributed by atoms with E-state index in [9.17, 15) is 5.11 Å². The second kappa shape index (κ2) is 9.60. The fourth-order valence-electron chi connectivity index (χ4n) is 2.16. The molecule has 0 aliphatic heterocycles. The Morgan fingerprint density at radius 1 is 1.19 bits per heavy atom. The Balaban J connectivity index is 2.74. The van der Waals surface area contributed by atoms with Crippen LogP contribution in [-0.2, 0) is 4.74 Å². The van der Waals surface area contributed by atoms with E-state index < -0.39 is 6.10 Å². The van der Waals surface area contributed by atoms with E-state index in [1.165, 1.54) is 0 Å². The molecule has 1 N–H and O–H groups in total.